The zero-order valence-electron chi connectivity index (χ0n) is 15.6. The van der Waals surface area contributed by atoms with E-state index in [0.29, 0.717) is 21.8 Å². The van der Waals surface area contributed by atoms with Gasteiger partial charge in [0.05, 0.1) is 17.8 Å². The second-order valence-corrected chi connectivity index (χ2v) is 7.62. The molecule has 28 heavy (non-hydrogen) atoms. The van der Waals surface area contributed by atoms with Crippen molar-refractivity contribution in [3.8, 4) is 11.3 Å². The highest BCUT2D eigenvalue weighted by atomic mass is 32.1. The van der Waals surface area contributed by atoms with Crippen LogP contribution in [0.25, 0.3) is 16.8 Å². The number of hydrogen-bond acceptors (Lipinski definition) is 5. The molecule has 6 heteroatoms. The van der Waals surface area contributed by atoms with E-state index in [9.17, 15) is 9.90 Å². The van der Waals surface area contributed by atoms with Gasteiger partial charge in [-0.3, -0.25) is 10.2 Å². The molecule has 3 aromatic rings. The first-order valence-corrected chi connectivity index (χ1v) is 9.74. The number of Topliss-reactive ketones (excluding diaryl/α,β-unsaturated/α-hetero) is 1. The second kappa shape index (κ2) is 7.05. The number of aliphatic hydroxyl groups is 1. The van der Waals surface area contributed by atoms with Gasteiger partial charge in [0.15, 0.2) is 5.78 Å². The van der Waals surface area contributed by atoms with Crippen molar-refractivity contribution in [3.05, 3.63) is 75.8 Å². The smallest absolute Gasteiger partial charge is 0.159 e. The lowest BCUT2D eigenvalue weighted by Crippen LogP contribution is -2.26. The van der Waals surface area contributed by atoms with Gasteiger partial charge in [-0.15, -0.1) is 11.3 Å². The van der Waals surface area contributed by atoms with E-state index < -0.39 is 0 Å². The predicted octanol–water partition coefficient (Wildman–Crippen LogP) is 5.09. The topological polar surface area (TPSA) is 77.3 Å². The number of rotatable bonds is 4. The molecule has 1 aliphatic rings. The highest BCUT2D eigenvalue weighted by molar-refractivity contribution is 7.11. The maximum atomic E-state index is 11.7. The van der Waals surface area contributed by atoms with Gasteiger partial charge in [0.2, 0.25) is 0 Å². The molecule has 0 saturated carbocycles. The normalized spacial score (nSPS) is 14.1. The van der Waals surface area contributed by atoms with Crippen LogP contribution in [0.15, 0.2) is 59.7 Å². The van der Waals surface area contributed by atoms with E-state index in [1.165, 1.54) is 23.8 Å². The third-order valence-corrected chi connectivity index (χ3v) is 5.59. The van der Waals surface area contributed by atoms with Gasteiger partial charge in [-0.25, -0.2) is 4.98 Å². The number of aromatic nitrogens is 1. The van der Waals surface area contributed by atoms with Gasteiger partial charge in [0, 0.05) is 22.2 Å². The van der Waals surface area contributed by atoms with Gasteiger partial charge in [-0.2, -0.15) is 0 Å². The Balaban J connectivity index is 1.64. The minimum atomic E-state index is -0.0346. The van der Waals surface area contributed by atoms with Crippen molar-refractivity contribution in [1.29, 1.82) is 5.41 Å². The Bertz CT molecular complexity index is 1110. The highest BCUT2D eigenvalue weighted by Crippen LogP contribution is 2.34. The lowest BCUT2D eigenvalue weighted by molar-refractivity contribution is 0.101. The molecule has 0 fully saturated rings. The molecular formula is C22H19N3O2S. The summed E-state index contributed by atoms with van der Waals surface area (Å²) in [4.78, 5) is 18.0. The summed E-state index contributed by atoms with van der Waals surface area (Å²) < 4.78 is 0. The number of aliphatic hydroxyl groups excluding tert-OH is 1. The molecule has 0 saturated heterocycles. The van der Waals surface area contributed by atoms with Crippen LogP contribution in [0.3, 0.4) is 0 Å². The Morgan fingerprint density at radius 3 is 2.68 bits per heavy atom. The van der Waals surface area contributed by atoms with Gasteiger partial charge in [-0.1, -0.05) is 42.0 Å². The lowest BCUT2D eigenvalue weighted by Gasteiger charge is -2.19. The van der Waals surface area contributed by atoms with E-state index in [1.54, 1.807) is 23.1 Å². The molecule has 0 bridgehead atoms. The van der Waals surface area contributed by atoms with Gasteiger partial charge >= 0.3 is 0 Å². The molecule has 1 aliphatic heterocycles. The van der Waals surface area contributed by atoms with Crippen LogP contribution in [-0.4, -0.2) is 28.3 Å². The number of ketones is 1. The number of thiazole rings is 1. The summed E-state index contributed by atoms with van der Waals surface area (Å²) in [5, 5.41) is 21.7. The molecule has 2 aromatic carbocycles. The minimum absolute atomic E-state index is 0.0346. The van der Waals surface area contributed by atoms with E-state index in [-0.39, 0.29) is 23.9 Å². The van der Waals surface area contributed by atoms with Crippen molar-refractivity contribution in [2.45, 2.75) is 13.8 Å². The summed E-state index contributed by atoms with van der Waals surface area (Å²) in [5.74, 6) is 0.263. The van der Waals surface area contributed by atoms with Crippen LogP contribution in [0.2, 0.25) is 0 Å². The summed E-state index contributed by atoms with van der Waals surface area (Å²) in [7, 11) is 0. The predicted molar refractivity (Wildman–Crippen MR) is 113 cm³/mol. The minimum Gasteiger partial charge on any atom is -0.510 e. The number of carbonyl (C=O) groups excluding carboxylic acids is 1. The summed E-state index contributed by atoms with van der Waals surface area (Å²) in [6.07, 6.45) is 0. The molecule has 0 spiro atoms. The average molecular weight is 389 g/mol. The quantitative estimate of drug-likeness (QED) is 0.610. The largest absolute Gasteiger partial charge is 0.510 e. The Labute approximate surface area is 167 Å². The Morgan fingerprint density at radius 2 is 1.96 bits per heavy atom. The molecule has 0 unspecified atom stereocenters. The van der Waals surface area contributed by atoms with Crippen LogP contribution in [0.5, 0.6) is 0 Å². The molecular weight excluding hydrogens is 370 g/mol. The number of nitrogens with one attached hydrogen (secondary N) is 1. The first-order chi connectivity index (χ1) is 13.4. The van der Waals surface area contributed by atoms with Gasteiger partial charge in [-0.05, 0) is 26.0 Å². The summed E-state index contributed by atoms with van der Waals surface area (Å²) in [6, 6.07) is 15.2. The fraction of sp³-hybridized carbons (Fsp3) is 0.136. The van der Waals surface area contributed by atoms with Crippen molar-refractivity contribution >= 4 is 34.2 Å². The second-order valence-electron chi connectivity index (χ2n) is 6.77. The number of aryl methyl sites for hydroxylation is 1. The van der Waals surface area contributed by atoms with Crippen LogP contribution in [0, 0.1) is 12.3 Å². The first kappa shape index (κ1) is 18.1. The highest BCUT2D eigenvalue weighted by Gasteiger charge is 2.31. The van der Waals surface area contributed by atoms with Crippen LogP contribution in [-0.2, 0) is 0 Å². The van der Waals surface area contributed by atoms with Crippen LogP contribution in [0.1, 0.15) is 27.9 Å². The number of nitrogens with zero attached hydrogens (tertiary/aromatic N) is 2. The number of hydrogen-bond donors (Lipinski definition) is 2. The molecule has 0 radical (unpaired) electrons. The number of carbonyl (C=O) groups is 1. The number of amidine groups is 1. The zero-order valence-corrected chi connectivity index (χ0v) is 16.4. The Hall–Kier alpha value is -3.25. The maximum absolute atomic E-state index is 11.7. The van der Waals surface area contributed by atoms with Crippen molar-refractivity contribution < 1.29 is 9.90 Å². The lowest BCUT2D eigenvalue weighted by atomic mass is 10.1. The number of anilines is 1. The molecule has 2 heterocycles. The van der Waals surface area contributed by atoms with E-state index >= 15 is 0 Å². The van der Waals surface area contributed by atoms with E-state index in [2.05, 4.69) is 4.98 Å². The van der Waals surface area contributed by atoms with Crippen LogP contribution in [0.4, 0.5) is 5.69 Å². The third-order valence-electron chi connectivity index (χ3n) is 4.73. The van der Waals surface area contributed by atoms with Crippen molar-refractivity contribution in [1.82, 2.24) is 4.98 Å². The fourth-order valence-corrected chi connectivity index (χ4v) is 4.06. The zero-order chi connectivity index (χ0) is 19.8. The molecule has 0 aliphatic carbocycles. The van der Waals surface area contributed by atoms with Crippen LogP contribution >= 0.6 is 11.3 Å². The van der Waals surface area contributed by atoms with Crippen molar-refractivity contribution in [2.24, 2.45) is 0 Å². The molecule has 2 N–H and O–H groups in total. The molecule has 0 atom stereocenters. The van der Waals surface area contributed by atoms with E-state index in [4.69, 9.17) is 5.41 Å². The van der Waals surface area contributed by atoms with E-state index in [0.717, 1.165) is 11.3 Å². The molecule has 4 rings (SSSR count). The van der Waals surface area contributed by atoms with Gasteiger partial charge in [0.1, 0.15) is 16.6 Å². The first-order valence-electron chi connectivity index (χ1n) is 8.86. The summed E-state index contributed by atoms with van der Waals surface area (Å²) in [6.45, 7) is 3.74. The molecule has 0 amide bonds. The fourth-order valence-electron chi connectivity index (χ4n) is 3.16. The average Bonchev–Trinajstić information content (AvgIpc) is 3.27. The maximum Gasteiger partial charge on any atom is 0.159 e. The Kier molecular flexibility index (Phi) is 4.57. The van der Waals surface area contributed by atoms with E-state index in [1.807, 2.05) is 42.6 Å². The number of benzene rings is 2. The van der Waals surface area contributed by atoms with Gasteiger partial charge in [0.25, 0.3) is 0 Å². The Morgan fingerprint density at radius 1 is 1.21 bits per heavy atom. The standard InChI is InChI=1S/C22H19N3O2S/c1-13-6-8-15(9-7-13)18-12-28-22(24-18)20-19(27)11-25(21(20)23)17-5-3-4-16(10-17)14(2)26/h3-10,12,23,27H,11H2,1-2H3. The summed E-state index contributed by atoms with van der Waals surface area (Å²) in [5.41, 5.74) is 4.73. The monoisotopic (exact) mass is 389 g/mol. The van der Waals surface area contributed by atoms with Crippen molar-refractivity contribution in [2.75, 3.05) is 11.4 Å². The third kappa shape index (κ3) is 3.23. The summed E-state index contributed by atoms with van der Waals surface area (Å²) >= 11 is 1.41. The van der Waals surface area contributed by atoms with Crippen LogP contribution < -0.4 is 4.90 Å². The molecule has 140 valence electrons. The van der Waals surface area contributed by atoms with Crippen molar-refractivity contribution in [3.63, 3.8) is 0 Å². The SMILES string of the molecule is CC(=O)c1cccc(N2CC(O)=C(c3nc(-c4ccc(C)cc4)cs3)C2=N)c1. The molecule has 5 nitrogen and oxygen atoms in total. The molecule has 1 aromatic heterocycles. The van der Waals surface area contributed by atoms with Gasteiger partial charge < -0.3 is 10.0 Å².